The van der Waals surface area contributed by atoms with Crippen LogP contribution in [0.4, 0.5) is 0 Å². The first-order valence-corrected chi connectivity index (χ1v) is 10.6. The van der Waals surface area contributed by atoms with E-state index in [9.17, 15) is 19.8 Å². The molecule has 0 radical (unpaired) electrons. The van der Waals surface area contributed by atoms with Crippen molar-refractivity contribution < 1.29 is 19.8 Å². The first-order valence-electron chi connectivity index (χ1n) is 10.6. The summed E-state index contributed by atoms with van der Waals surface area (Å²) in [4.78, 5) is 23.6. The molecule has 26 heavy (non-hydrogen) atoms. The Morgan fingerprint density at radius 1 is 1.15 bits per heavy atom. The van der Waals surface area contributed by atoms with Crippen LogP contribution in [0, 0.1) is 46.3 Å². The Labute approximate surface area is 156 Å². The molecule has 3 unspecified atom stereocenters. The lowest BCUT2D eigenvalue weighted by Gasteiger charge is -2.61. The van der Waals surface area contributed by atoms with Crippen molar-refractivity contribution in [3.63, 3.8) is 0 Å². The van der Waals surface area contributed by atoms with Crippen molar-refractivity contribution in [3.8, 4) is 0 Å². The van der Waals surface area contributed by atoms with Gasteiger partial charge in [-0.3, -0.25) is 9.59 Å². The highest BCUT2D eigenvalue weighted by atomic mass is 16.4. The summed E-state index contributed by atoms with van der Waals surface area (Å²) in [5, 5.41) is 20.8. The van der Waals surface area contributed by atoms with E-state index in [1.807, 2.05) is 6.92 Å². The van der Waals surface area contributed by atoms with Gasteiger partial charge >= 0.3 is 5.97 Å². The summed E-state index contributed by atoms with van der Waals surface area (Å²) in [6, 6.07) is 0. The summed E-state index contributed by atoms with van der Waals surface area (Å²) in [7, 11) is 0. The Morgan fingerprint density at radius 2 is 1.88 bits per heavy atom. The Morgan fingerprint density at radius 3 is 2.58 bits per heavy atom. The average Bonchev–Trinajstić information content (AvgIpc) is 2.94. The lowest BCUT2D eigenvalue weighted by Crippen LogP contribution is -2.58. The van der Waals surface area contributed by atoms with E-state index in [4.69, 9.17) is 0 Å². The summed E-state index contributed by atoms with van der Waals surface area (Å²) >= 11 is 0. The van der Waals surface area contributed by atoms with Gasteiger partial charge in [0.15, 0.2) is 0 Å². The molecule has 4 heteroatoms. The van der Waals surface area contributed by atoms with E-state index in [0.29, 0.717) is 35.9 Å². The Balaban J connectivity index is 1.65. The predicted octanol–water partition coefficient (Wildman–Crippen LogP) is 3.91. The monoisotopic (exact) mass is 362 g/mol. The highest BCUT2D eigenvalue weighted by Crippen LogP contribution is 2.68. The number of carboxylic acid groups (broad SMARTS) is 1. The van der Waals surface area contributed by atoms with Crippen LogP contribution in [-0.4, -0.2) is 28.1 Å². The van der Waals surface area contributed by atoms with Crippen molar-refractivity contribution in [1.82, 2.24) is 0 Å². The van der Waals surface area contributed by atoms with Crippen molar-refractivity contribution in [2.24, 2.45) is 46.3 Å². The van der Waals surface area contributed by atoms with Gasteiger partial charge in [-0.2, -0.15) is 0 Å². The molecule has 9 atom stereocenters. The molecule has 0 spiro atoms. The molecule has 4 aliphatic rings. The molecule has 146 valence electrons. The molecule has 0 saturated heterocycles. The van der Waals surface area contributed by atoms with Gasteiger partial charge in [0.25, 0.3) is 0 Å². The lowest BCUT2D eigenvalue weighted by molar-refractivity contribution is -0.174. The second-order valence-electron chi connectivity index (χ2n) is 10.3. The molecule has 0 aromatic rings. The number of carbonyl (C=O) groups excluding carboxylic acids is 1. The fourth-order valence-electron chi connectivity index (χ4n) is 8.03. The number of aliphatic hydroxyl groups is 1. The molecular formula is C22H34O4. The first-order chi connectivity index (χ1) is 12.2. The van der Waals surface area contributed by atoms with E-state index < -0.39 is 18.0 Å². The van der Waals surface area contributed by atoms with Gasteiger partial charge < -0.3 is 10.2 Å². The van der Waals surface area contributed by atoms with E-state index in [2.05, 4.69) is 13.8 Å². The van der Waals surface area contributed by atoms with Crippen LogP contribution >= 0.6 is 0 Å². The third kappa shape index (κ3) is 2.36. The molecule has 2 N–H and O–H groups in total. The molecule has 0 aromatic heterocycles. The summed E-state index contributed by atoms with van der Waals surface area (Å²) in [6.07, 6.45) is 7.04. The van der Waals surface area contributed by atoms with Crippen LogP contribution < -0.4 is 0 Å². The molecule has 0 heterocycles. The average molecular weight is 363 g/mol. The van der Waals surface area contributed by atoms with Crippen LogP contribution in [0.5, 0.6) is 0 Å². The van der Waals surface area contributed by atoms with E-state index in [1.165, 1.54) is 0 Å². The van der Waals surface area contributed by atoms with Crippen molar-refractivity contribution >= 4 is 11.8 Å². The largest absolute Gasteiger partial charge is 0.481 e. The van der Waals surface area contributed by atoms with Gasteiger partial charge in [-0.15, -0.1) is 0 Å². The number of carboxylic acids is 1. The van der Waals surface area contributed by atoms with E-state index in [1.54, 1.807) is 0 Å². The molecule has 4 rings (SSSR count). The minimum absolute atomic E-state index is 0.0689. The van der Waals surface area contributed by atoms with Crippen molar-refractivity contribution in [2.45, 2.75) is 78.2 Å². The van der Waals surface area contributed by atoms with E-state index >= 15 is 0 Å². The van der Waals surface area contributed by atoms with Crippen molar-refractivity contribution in [1.29, 1.82) is 0 Å². The Kier molecular flexibility index (Phi) is 4.30. The number of hydrogen-bond donors (Lipinski definition) is 2. The third-order valence-electron chi connectivity index (χ3n) is 9.65. The molecule has 0 aliphatic heterocycles. The second-order valence-corrected chi connectivity index (χ2v) is 10.3. The quantitative estimate of drug-likeness (QED) is 0.781. The summed E-state index contributed by atoms with van der Waals surface area (Å²) < 4.78 is 0. The maximum Gasteiger partial charge on any atom is 0.306 e. The van der Waals surface area contributed by atoms with Gasteiger partial charge in [0.1, 0.15) is 5.78 Å². The number of hydrogen-bond acceptors (Lipinski definition) is 3. The molecule has 4 aliphatic carbocycles. The van der Waals surface area contributed by atoms with Crippen LogP contribution in [0.25, 0.3) is 0 Å². The van der Waals surface area contributed by atoms with Crippen molar-refractivity contribution in [3.05, 3.63) is 0 Å². The number of Topliss-reactive ketones (excluding diaryl/α,β-unsaturated/α-hetero) is 1. The standard InChI is InChI=1S/C22H34O4/c1-12(20(25)26)16-6-7-17-15-5-4-13-10-14(23)8-9-21(13,2)18(15)11-19(24)22(16,17)3/h12-13,15-19,24H,4-11H2,1-3H3,(H,25,26)/t12?,13?,15-,16+,17-,18-,19?,21-,22+/m0/s1. The first kappa shape index (κ1) is 18.5. The zero-order valence-electron chi connectivity index (χ0n) is 16.4. The smallest absolute Gasteiger partial charge is 0.306 e. The molecular weight excluding hydrogens is 328 g/mol. The zero-order valence-corrected chi connectivity index (χ0v) is 16.4. The van der Waals surface area contributed by atoms with Gasteiger partial charge in [0, 0.05) is 18.3 Å². The molecule has 4 nitrogen and oxygen atoms in total. The predicted molar refractivity (Wildman–Crippen MR) is 98.4 cm³/mol. The van der Waals surface area contributed by atoms with Gasteiger partial charge in [0.05, 0.1) is 12.0 Å². The van der Waals surface area contributed by atoms with E-state index in [-0.39, 0.29) is 16.7 Å². The fourth-order valence-corrected chi connectivity index (χ4v) is 8.03. The summed E-state index contributed by atoms with van der Waals surface area (Å²) in [5.41, 5.74) is -0.0949. The second kappa shape index (κ2) is 6.05. The number of ketones is 1. The topological polar surface area (TPSA) is 74.6 Å². The molecule has 0 aromatic carbocycles. The molecule has 4 saturated carbocycles. The van der Waals surface area contributed by atoms with Gasteiger partial charge in [-0.05, 0) is 73.5 Å². The Hall–Kier alpha value is -0.900. The highest BCUT2D eigenvalue weighted by molar-refractivity contribution is 5.79. The number of aliphatic carboxylic acids is 1. The third-order valence-corrected chi connectivity index (χ3v) is 9.65. The van der Waals surface area contributed by atoms with E-state index in [0.717, 1.165) is 44.9 Å². The summed E-state index contributed by atoms with van der Waals surface area (Å²) in [5.74, 6) is 1.35. The molecule has 0 amide bonds. The van der Waals surface area contributed by atoms with Gasteiger partial charge in [-0.1, -0.05) is 20.8 Å². The van der Waals surface area contributed by atoms with Gasteiger partial charge in [-0.25, -0.2) is 0 Å². The highest BCUT2D eigenvalue weighted by Gasteiger charge is 2.64. The maximum atomic E-state index is 12.0. The normalized spacial score (nSPS) is 51.9. The summed E-state index contributed by atoms with van der Waals surface area (Å²) in [6.45, 7) is 6.38. The number of rotatable bonds is 2. The van der Waals surface area contributed by atoms with Crippen LogP contribution in [-0.2, 0) is 9.59 Å². The number of carbonyl (C=O) groups is 2. The number of aliphatic hydroxyl groups excluding tert-OH is 1. The fraction of sp³-hybridized carbons (Fsp3) is 0.909. The van der Waals surface area contributed by atoms with Crippen molar-refractivity contribution in [2.75, 3.05) is 0 Å². The Bertz CT molecular complexity index is 615. The van der Waals surface area contributed by atoms with Gasteiger partial charge in [0.2, 0.25) is 0 Å². The molecule has 4 fully saturated rings. The SMILES string of the molecule is CC(C(=O)O)[C@H]1CC[C@H]2[C@@H]3CCC4CC(=O)CC[C@]4(C)[C@H]3CC(O)[C@]12C. The number of fused-ring (bicyclic) bond motifs is 5. The van der Waals surface area contributed by atoms with Crippen LogP contribution in [0.3, 0.4) is 0 Å². The van der Waals surface area contributed by atoms with Crippen LogP contribution in [0.2, 0.25) is 0 Å². The van der Waals surface area contributed by atoms with Crippen LogP contribution in [0.15, 0.2) is 0 Å². The van der Waals surface area contributed by atoms with Crippen LogP contribution in [0.1, 0.15) is 72.1 Å². The molecule has 0 bridgehead atoms. The zero-order chi connectivity index (χ0) is 18.9. The minimum Gasteiger partial charge on any atom is -0.481 e. The maximum absolute atomic E-state index is 12.0. The minimum atomic E-state index is -0.729. The lowest BCUT2D eigenvalue weighted by atomic mass is 9.44.